The lowest BCUT2D eigenvalue weighted by Crippen LogP contribution is -2.72. The zero-order valence-corrected chi connectivity index (χ0v) is 19.3. The first-order valence-corrected chi connectivity index (χ1v) is 12.2. The van der Waals surface area contributed by atoms with Crippen molar-refractivity contribution in [3.63, 3.8) is 0 Å². The van der Waals surface area contributed by atoms with E-state index in [-0.39, 0.29) is 35.9 Å². The number of allylic oxidation sites excluding steroid dienone is 1. The highest BCUT2D eigenvalue weighted by molar-refractivity contribution is 6.09. The second kappa shape index (κ2) is 6.58. The third-order valence-corrected chi connectivity index (χ3v) is 9.70. The summed E-state index contributed by atoms with van der Waals surface area (Å²) < 4.78 is 5.42. The van der Waals surface area contributed by atoms with E-state index in [1.807, 2.05) is 60.4 Å². The van der Waals surface area contributed by atoms with Gasteiger partial charge in [0.2, 0.25) is 0 Å². The Balaban J connectivity index is 1.50. The number of hydrogen-bond acceptors (Lipinski definition) is 5. The van der Waals surface area contributed by atoms with Crippen molar-refractivity contribution in [2.75, 3.05) is 18.6 Å². The van der Waals surface area contributed by atoms with Gasteiger partial charge in [0.1, 0.15) is 5.41 Å². The van der Waals surface area contributed by atoms with E-state index in [1.165, 1.54) is 12.7 Å². The normalized spacial score (nSPS) is 41.5. The Hall–Kier alpha value is -2.96. The van der Waals surface area contributed by atoms with Gasteiger partial charge in [-0.25, -0.2) is 0 Å². The van der Waals surface area contributed by atoms with Crippen LogP contribution in [0.2, 0.25) is 0 Å². The van der Waals surface area contributed by atoms with E-state index >= 15 is 0 Å². The Labute approximate surface area is 198 Å². The van der Waals surface area contributed by atoms with E-state index in [0.717, 1.165) is 24.2 Å². The Morgan fingerprint density at radius 2 is 1.85 bits per heavy atom. The fourth-order valence-corrected chi connectivity index (χ4v) is 8.63. The SMILES string of the molecule is C/C=C1\CN2[C@H]3C[C@@]45c6ccccc6N(C(=O)c6ccccc6)[C@@H]4[C@@H]2C[C@@H]1C3(C(=O)OC)[C@H]5O. The van der Waals surface area contributed by atoms with Gasteiger partial charge in [0.15, 0.2) is 0 Å². The van der Waals surface area contributed by atoms with Crippen LogP contribution in [0.5, 0.6) is 0 Å². The highest BCUT2D eigenvalue weighted by Crippen LogP contribution is 2.73. The molecule has 5 fully saturated rings. The Bertz CT molecular complexity index is 1260. The van der Waals surface area contributed by atoms with Gasteiger partial charge in [-0.2, -0.15) is 0 Å². The number of carbonyl (C=O) groups excluding carboxylic acids is 2. The minimum absolute atomic E-state index is 0.0497. The molecule has 0 radical (unpaired) electrons. The van der Waals surface area contributed by atoms with Crippen LogP contribution in [0.3, 0.4) is 0 Å². The third-order valence-electron chi connectivity index (χ3n) is 9.70. The Morgan fingerprint density at radius 1 is 1.12 bits per heavy atom. The third kappa shape index (κ3) is 1.99. The number of amides is 1. The van der Waals surface area contributed by atoms with Crippen LogP contribution >= 0.6 is 0 Å². The van der Waals surface area contributed by atoms with Crippen LogP contribution in [0.25, 0.3) is 0 Å². The Morgan fingerprint density at radius 3 is 2.59 bits per heavy atom. The van der Waals surface area contributed by atoms with Gasteiger partial charge >= 0.3 is 5.97 Å². The summed E-state index contributed by atoms with van der Waals surface area (Å²) in [5, 5.41) is 12.4. The molecule has 8 atom stereocenters. The number of anilines is 1. The van der Waals surface area contributed by atoms with Crippen molar-refractivity contribution in [1.29, 1.82) is 0 Å². The maximum Gasteiger partial charge on any atom is 0.316 e. The van der Waals surface area contributed by atoms with Crippen molar-refractivity contribution in [1.82, 2.24) is 4.90 Å². The van der Waals surface area contributed by atoms with E-state index in [2.05, 4.69) is 17.0 Å². The fraction of sp³-hybridized carbons (Fsp3) is 0.429. The summed E-state index contributed by atoms with van der Waals surface area (Å²) in [5.74, 6) is -0.447. The smallest absolute Gasteiger partial charge is 0.316 e. The second-order valence-electron chi connectivity index (χ2n) is 10.5. The quantitative estimate of drug-likeness (QED) is 0.556. The fourth-order valence-electron chi connectivity index (χ4n) is 8.63. The summed E-state index contributed by atoms with van der Waals surface area (Å²) >= 11 is 0. The molecule has 4 saturated heterocycles. The first-order valence-electron chi connectivity index (χ1n) is 12.2. The van der Waals surface area contributed by atoms with E-state index < -0.39 is 16.9 Å². The van der Waals surface area contributed by atoms with Gasteiger partial charge in [-0.3, -0.25) is 14.5 Å². The molecule has 0 aromatic heterocycles. The van der Waals surface area contributed by atoms with Gasteiger partial charge in [-0.05, 0) is 43.5 Å². The maximum absolute atomic E-state index is 14.0. The molecule has 5 bridgehead atoms. The molecule has 1 N–H and O–H groups in total. The number of benzene rings is 2. The highest BCUT2D eigenvalue weighted by Gasteiger charge is 2.83. The number of ether oxygens (including phenoxy) is 1. The largest absolute Gasteiger partial charge is 0.468 e. The van der Waals surface area contributed by atoms with Gasteiger partial charge in [0, 0.05) is 41.2 Å². The van der Waals surface area contributed by atoms with E-state index in [0.29, 0.717) is 12.0 Å². The monoisotopic (exact) mass is 456 g/mol. The van der Waals surface area contributed by atoms with Crippen molar-refractivity contribution < 1.29 is 19.4 Å². The zero-order valence-electron chi connectivity index (χ0n) is 19.3. The molecule has 174 valence electrons. The lowest BCUT2D eigenvalue weighted by molar-refractivity contribution is -0.179. The van der Waals surface area contributed by atoms with Gasteiger partial charge in [-0.15, -0.1) is 0 Å². The van der Waals surface area contributed by atoms with Crippen LogP contribution in [-0.2, 0) is 14.9 Å². The van der Waals surface area contributed by atoms with Crippen molar-refractivity contribution >= 4 is 17.6 Å². The van der Waals surface area contributed by atoms with Gasteiger partial charge in [0.05, 0.1) is 19.3 Å². The number of methoxy groups -OCH3 is 1. The molecule has 1 spiro atoms. The van der Waals surface area contributed by atoms with Crippen molar-refractivity contribution in [2.45, 2.75) is 49.4 Å². The molecule has 1 aliphatic carbocycles. The predicted octanol–water partition coefficient (Wildman–Crippen LogP) is 2.91. The molecule has 2 aromatic carbocycles. The summed E-state index contributed by atoms with van der Waals surface area (Å²) in [7, 11) is 1.43. The molecule has 1 saturated carbocycles. The standard InChI is InChI=1S/C28H28N2O4/c1-3-16-15-29-21-13-19(16)28(26(33)34-2)22(29)14-27(25(28)32)18-11-7-8-12-20(18)30(23(21)27)24(31)17-9-5-4-6-10-17/h3-12,19,21-23,25,32H,13-15H2,1-2H3/b16-3+/t19-,21-,22-,23+,25-,27+,28?/m0/s1. The van der Waals surface area contributed by atoms with E-state index in [9.17, 15) is 14.7 Å². The van der Waals surface area contributed by atoms with Crippen LogP contribution in [0.1, 0.15) is 35.7 Å². The van der Waals surface area contributed by atoms with Crippen LogP contribution < -0.4 is 4.90 Å². The van der Waals surface area contributed by atoms with Gasteiger partial charge in [-0.1, -0.05) is 48.0 Å². The van der Waals surface area contributed by atoms with Crippen LogP contribution in [-0.4, -0.2) is 59.8 Å². The molecule has 2 unspecified atom stereocenters. The maximum atomic E-state index is 14.0. The lowest BCUT2D eigenvalue weighted by Gasteiger charge is -2.61. The summed E-state index contributed by atoms with van der Waals surface area (Å²) in [6, 6.07) is 17.1. The number of piperidine rings is 4. The first-order chi connectivity index (χ1) is 16.5. The summed E-state index contributed by atoms with van der Waals surface area (Å²) in [6.07, 6.45) is 2.55. The number of fused-ring (bicyclic) bond motifs is 2. The van der Waals surface area contributed by atoms with E-state index in [1.54, 1.807) is 0 Å². The Kier molecular flexibility index (Phi) is 3.95. The molecule has 6 aliphatic rings. The molecule has 5 heterocycles. The number of hydrogen-bond donors (Lipinski definition) is 1. The van der Waals surface area contributed by atoms with Crippen molar-refractivity contribution in [3.05, 3.63) is 77.4 Å². The topological polar surface area (TPSA) is 70.1 Å². The summed E-state index contributed by atoms with van der Waals surface area (Å²) in [6.45, 7) is 2.79. The minimum Gasteiger partial charge on any atom is -0.468 e. The van der Waals surface area contributed by atoms with Crippen LogP contribution in [0.4, 0.5) is 5.69 Å². The molecular formula is C28H28N2O4. The molecule has 6 nitrogen and oxygen atoms in total. The van der Waals surface area contributed by atoms with Gasteiger partial charge in [0.25, 0.3) is 5.91 Å². The summed E-state index contributed by atoms with van der Waals surface area (Å²) in [5.41, 5.74) is 1.97. The van der Waals surface area contributed by atoms with Crippen molar-refractivity contribution in [3.8, 4) is 0 Å². The average molecular weight is 457 g/mol. The number of carbonyl (C=O) groups is 2. The molecule has 2 aromatic rings. The zero-order chi connectivity index (χ0) is 23.4. The molecule has 1 amide bonds. The average Bonchev–Trinajstić information content (AvgIpc) is 3.31. The molecule has 6 heteroatoms. The number of para-hydroxylation sites is 1. The van der Waals surface area contributed by atoms with E-state index in [4.69, 9.17) is 4.74 Å². The molecule has 34 heavy (non-hydrogen) atoms. The number of aliphatic hydroxyl groups is 1. The minimum atomic E-state index is -1.01. The predicted molar refractivity (Wildman–Crippen MR) is 126 cm³/mol. The van der Waals surface area contributed by atoms with Gasteiger partial charge < -0.3 is 14.7 Å². The van der Waals surface area contributed by atoms with Crippen molar-refractivity contribution in [2.24, 2.45) is 11.3 Å². The highest BCUT2D eigenvalue weighted by atomic mass is 16.5. The first kappa shape index (κ1) is 20.4. The number of rotatable bonds is 2. The van der Waals surface area contributed by atoms with Crippen LogP contribution in [0.15, 0.2) is 66.2 Å². The van der Waals surface area contributed by atoms with Crippen LogP contribution in [0, 0.1) is 11.3 Å². The number of nitrogens with zero attached hydrogens (tertiary/aromatic N) is 2. The second-order valence-corrected chi connectivity index (χ2v) is 10.5. The lowest BCUT2D eigenvalue weighted by atomic mass is 9.58. The number of esters is 1. The molecule has 8 rings (SSSR count). The molecular weight excluding hydrogens is 428 g/mol. The number of aliphatic hydroxyl groups excluding tert-OH is 1. The molecule has 5 aliphatic heterocycles. The summed E-state index contributed by atoms with van der Waals surface area (Å²) in [4.78, 5) is 32.0.